The summed E-state index contributed by atoms with van der Waals surface area (Å²) in [6.07, 6.45) is 6.53. The zero-order valence-electron chi connectivity index (χ0n) is 8.64. The van der Waals surface area contributed by atoms with Crippen molar-refractivity contribution in [2.24, 2.45) is 0 Å². The second-order valence-corrected chi connectivity index (χ2v) is 3.60. The normalized spacial score (nSPS) is 18.2. The summed E-state index contributed by atoms with van der Waals surface area (Å²) in [6.45, 7) is 4.74. The third-order valence-electron chi connectivity index (χ3n) is 2.46. The zero-order chi connectivity index (χ0) is 9.36. The van der Waals surface area contributed by atoms with Crippen LogP contribution in [0.2, 0.25) is 0 Å². The first-order valence-corrected chi connectivity index (χ1v) is 5.49. The van der Waals surface area contributed by atoms with E-state index in [-0.39, 0.29) is 0 Å². The van der Waals surface area contributed by atoms with Crippen LogP contribution in [-0.4, -0.2) is 25.8 Å². The molecular formula is C10H22N2O. The van der Waals surface area contributed by atoms with E-state index in [4.69, 9.17) is 4.74 Å². The maximum absolute atomic E-state index is 5.24. The Kier molecular flexibility index (Phi) is 6.15. The minimum Gasteiger partial charge on any atom is -0.382 e. The lowest BCUT2D eigenvalue weighted by atomic mass is 10.3. The van der Waals surface area contributed by atoms with Crippen LogP contribution in [0.25, 0.3) is 0 Å². The van der Waals surface area contributed by atoms with Crippen LogP contribution in [-0.2, 0) is 4.74 Å². The number of nitrogens with one attached hydrogen (secondary N) is 2. The molecule has 0 aromatic rings. The van der Waals surface area contributed by atoms with Crippen molar-refractivity contribution in [2.45, 2.75) is 45.1 Å². The molecule has 0 aromatic carbocycles. The SMILES string of the molecule is CCOCCCNNC1CCCC1. The van der Waals surface area contributed by atoms with Crippen LogP contribution in [0, 0.1) is 0 Å². The Morgan fingerprint density at radius 3 is 2.77 bits per heavy atom. The van der Waals surface area contributed by atoms with Gasteiger partial charge in [-0.15, -0.1) is 0 Å². The molecule has 1 aliphatic rings. The standard InChI is InChI=1S/C10H22N2O/c1-2-13-9-5-8-11-12-10-6-3-4-7-10/h10-12H,2-9H2,1H3. The molecule has 0 spiro atoms. The summed E-state index contributed by atoms with van der Waals surface area (Å²) in [5.74, 6) is 0. The van der Waals surface area contributed by atoms with Gasteiger partial charge in [0.1, 0.15) is 0 Å². The predicted octanol–water partition coefficient (Wildman–Crippen LogP) is 1.45. The van der Waals surface area contributed by atoms with Crippen molar-refractivity contribution in [3.8, 4) is 0 Å². The van der Waals surface area contributed by atoms with E-state index in [0.29, 0.717) is 6.04 Å². The van der Waals surface area contributed by atoms with E-state index in [1.54, 1.807) is 0 Å². The Morgan fingerprint density at radius 2 is 2.08 bits per heavy atom. The van der Waals surface area contributed by atoms with E-state index in [2.05, 4.69) is 10.9 Å². The van der Waals surface area contributed by atoms with Crippen LogP contribution >= 0.6 is 0 Å². The molecule has 78 valence electrons. The van der Waals surface area contributed by atoms with E-state index in [1.807, 2.05) is 6.92 Å². The van der Waals surface area contributed by atoms with Crippen LogP contribution in [0.5, 0.6) is 0 Å². The zero-order valence-corrected chi connectivity index (χ0v) is 8.64. The highest BCUT2D eigenvalue weighted by Gasteiger charge is 2.12. The van der Waals surface area contributed by atoms with Crippen molar-refractivity contribution < 1.29 is 4.74 Å². The third kappa shape index (κ3) is 5.24. The van der Waals surface area contributed by atoms with E-state index >= 15 is 0 Å². The van der Waals surface area contributed by atoms with E-state index in [1.165, 1.54) is 25.7 Å². The maximum Gasteiger partial charge on any atom is 0.0478 e. The summed E-state index contributed by atoms with van der Waals surface area (Å²) in [6, 6.07) is 0.715. The second-order valence-electron chi connectivity index (χ2n) is 3.60. The Morgan fingerprint density at radius 1 is 1.31 bits per heavy atom. The van der Waals surface area contributed by atoms with E-state index in [0.717, 1.165) is 26.2 Å². The van der Waals surface area contributed by atoms with Crippen LogP contribution in [0.4, 0.5) is 0 Å². The van der Waals surface area contributed by atoms with Gasteiger partial charge in [-0.2, -0.15) is 0 Å². The van der Waals surface area contributed by atoms with Crippen molar-refractivity contribution in [3.63, 3.8) is 0 Å². The van der Waals surface area contributed by atoms with Crippen LogP contribution < -0.4 is 10.9 Å². The summed E-state index contributed by atoms with van der Waals surface area (Å²) >= 11 is 0. The van der Waals surface area contributed by atoms with E-state index < -0.39 is 0 Å². The van der Waals surface area contributed by atoms with Crippen molar-refractivity contribution in [1.82, 2.24) is 10.9 Å². The lowest BCUT2D eigenvalue weighted by molar-refractivity contribution is 0.143. The van der Waals surface area contributed by atoms with Crippen molar-refractivity contribution in [2.75, 3.05) is 19.8 Å². The van der Waals surface area contributed by atoms with Gasteiger partial charge in [0.15, 0.2) is 0 Å². The van der Waals surface area contributed by atoms with Crippen molar-refractivity contribution in [1.29, 1.82) is 0 Å². The van der Waals surface area contributed by atoms with Gasteiger partial charge in [-0.05, 0) is 26.2 Å². The number of ether oxygens (including phenoxy) is 1. The number of rotatable bonds is 7. The second kappa shape index (κ2) is 7.30. The average Bonchev–Trinajstić information content (AvgIpc) is 2.63. The Bertz CT molecular complexity index is 113. The highest BCUT2D eigenvalue weighted by Crippen LogP contribution is 2.16. The monoisotopic (exact) mass is 186 g/mol. The lowest BCUT2D eigenvalue weighted by Gasteiger charge is -2.12. The molecule has 13 heavy (non-hydrogen) atoms. The number of hydrazine groups is 1. The Labute approximate surface area is 81.2 Å². The highest BCUT2D eigenvalue weighted by atomic mass is 16.5. The van der Waals surface area contributed by atoms with Gasteiger partial charge >= 0.3 is 0 Å². The highest BCUT2D eigenvalue weighted by molar-refractivity contribution is 4.71. The molecule has 1 aliphatic carbocycles. The van der Waals surface area contributed by atoms with Gasteiger partial charge in [0.2, 0.25) is 0 Å². The minimum absolute atomic E-state index is 0.715. The third-order valence-corrected chi connectivity index (χ3v) is 2.46. The lowest BCUT2D eigenvalue weighted by Crippen LogP contribution is -2.39. The molecule has 2 N–H and O–H groups in total. The summed E-state index contributed by atoms with van der Waals surface area (Å²) in [7, 11) is 0. The van der Waals surface area contributed by atoms with Crippen LogP contribution in [0.15, 0.2) is 0 Å². The number of hydrogen-bond donors (Lipinski definition) is 2. The van der Waals surface area contributed by atoms with Gasteiger partial charge < -0.3 is 4.74 Å². The first-order valence-electron chi connectivity index (χ1n) is 5.49. The predicted molar refractivity (Wildman–Crippen MR) is 54.5 cm³/mol. The van der Waals surface area contributed by atoms with Gasteiger partial charge in [0.05, 0.1) is 0 Å². The summed E-state index contributed by atoms with van der Waals surface area (Å²) < 4.78 is 5.24. The maximum atomic E-state index is 5.24. The summed E-state index contributed by atoms with van der Waals surface area (Å²) in [5, 5.41) is 0. The smallest absolute Gasteiger partial charge is 0.0478 e. The largest absolute Gasteiger partial charge is 0.382 e. The molecular weight excluding hydrogens is 164 g/mol. The minimum atomic E-state index is 0.715. The van der Waals surface area contributed by atoms with Gasteiger partial charge in [-0.1, -0.05) is 12.8 Å². The van der Waals surface area contributed by atoms with Crippen molar-refractivity contribution in [3.05, 3.63) is 0 Å². The molecule has 1 fully saturated rings. The van der Waals surface area contributed by atoms with Crippen LogP contribution in [0.1, 0.15) is 39.0 Å². The summed E-state index contributed by atoms with van der Waals surface area (Å²) in [4.78, 5) is 0. The molecule has 0 aliphatic heterocycles. The summed E-state index contributed by atoms with van der Waals surface area (Å²) in [5.41, 5.74) is 6.61. The first-order chi connectivity index (χ1) is 6.43. The van der Waals surface area contributed by atoms with Gasteiger partial charge in [-0.25, -0.2) is 0 Å². The topological polar surface area (TPSA) is 33.3 Å². The molecule has 0 amide bonds. The average molecular weight is 186 g/mol. The molecule has 0 atom stereocenters. The molecule has 0 aromatic heterocycles. The molecule has 0 bridgehead atoms. The Hall–Kier alpha value is -0.120. The van der Waals surface area contributed by atoms with Gasteiger partial charge in [0, 0.05) is 25.8 Å². The fraction of sp³-hybridized carbons (Fsp3) is 1.00. The molecule has 0 radical (unpaired) electrons. The van der Waals surface area contributed by atoms with Crippen LogP contribution in [0.3, 0.4) is 0 Å². The molecule has 0 heterocycles. The molecule has 0 saturated heterocycles. The first kappa shape index (κ1) is 11.0. The number of hydrogen-bond acceptors (Lipinski definition) is 3. The van der Waals surface area contributed by atoms with Crippen molar-refractivity contribution >= 4 is 0 Å². The molecule has 0 unspecified atom stereocenters. The fourth-order valence-corrected chi connectivity index (χ4v) is 1.69. The fourth-order valence-electron chi connectivity index (χ4n) is 1.69. The molecule has 1 saturated carbocycles. The Balaban J connectivity index is 1.78. The van der Waals surface area contributed by atoms with Gasteiger partial charge in [-0.3, -0.25) is 10.9 Å². The molecule has 3 nitrogen and oxygen atoms in total. The van der Waals surface area contributed by atoms with Gasteiger partial charge in [0.25, 0.3) is 0 Å². The quantitative estimate of drug-likeness (QED) is 0.466. The molecule has 3 heteroatoms. The van der Waals surface area contributed by atoms with E-state index in [9.17, 15) is 0 Å². The molecule has 1 rings (SSSR count).